The number of nitrogens with zero attached hydrogens (tertiary/aromatic N) is 2. The quantitative estimate of drug-likeness (QED) is 0.883. The third-order valence-electron chi connectivity index (χ3n) is 4.89. The first-order chi connectivity index (χ1) is 12.0. The Hall–Kier alpha value is -2.04. The van der Waals surface area contributed by atoms with Gasteiger partial charge in [0.1, 0.15) is 0 Å². The molecule has 1 aliphatic heterocycles. The number of rotatable bonds is 5. The smallest absolute Gasteiger partial charge is 0.321 e. The molecule has 1 aliphatic rings. The highest BCUT2D eigenvalue weighted by Gasteiger charge is 2.20. The molecule has 1 atom stereocenters. The van der Waals surface area contributed by atoms with Gasteiger partial charge >= 0.3 is 6.03 Å². The number of nitrogens with one attached hydrogen (secondary N) is 1. The van der Waals surface area contributed by atoms with Gasteiger partial charge in [-0.05, 0) is 42.9 Å². The zero-order valence-electron chi connectivity index (χ0n) is 15.8. The van der Waals surface area contributed by atoms with Crippen molar-refractivity contribution in [3.63, 3.8) is 0 Å². The van der Waals surface area contributed by atoms with Crippen LogP contribution < -0.4 is 5.32 Å². The van der Waals surface area contributed by atoms with Crippen molar-refractivity contribution < 1.29 is 9.59 Å². The Kier molecular flexibility index (Phi) is 7.29. The summed E-state index contributed by atoms with van der Waals surface area (Å²) >= 11 is 0. The molecule has 1 aromatic carbocycles. The fraction of sp³-hybridized carbons (Fsp3) is 0.600. The summed E-state index contributed by atoms with van der Waals surface area (Å²) in [7, 11) is 3.51. The number of hydrogen-bond acceptors (Lipinski definition) is 2. The first kappa shape index (κ1) is 19.3. The number of likely N-dealkylation sites (N-methyl/N-ethyl adjacent to an activating group) is 1. The van der Waals surface area contributed by atoms with Crippen LogP contribution in [0.4, 0.5) is 10.5 Å². The molecule has 1 aromatic rings. The van der Waals surface area contributed by atoms with Gasteiger partial charge in [-0.25, -0.2) is 4.79 Å². The summed E-state index contributed by atoms with van der Waals surface area (Å²) in [5, 5.41) is 2.98. The Morgan fingerprint density at radius 3 is 2.52 bits per heavy atom. The molecule has 2 rings (SSSR count). The Labute approximate surface area is 151 Å². The molecule has 5 heteroatoms. The SMILES string of the molecule is CCC[C@@H]1CCCN(C(=O)Nc2ccc(CC(=O)N(C)C)cc2)CC1. The van der Waals surface area contributed by atoms with Gasteiger partial charge in [0.25, 0.3) is 0 Å². The number of amides is 3. The van der Waals surface area contributed by atoms with Crippen LogP contribution in [0.25, 0.3) is 0 Å². The van der Waals surface area contributed by atoms with Crippen molar-refractivity contribution in [3.8, 4) is 0 Å². The fourth-order valence-corrected chi connectivity index (χ4v) is 3.31. The standard InChI is InChI=1S/C20H31N3O2/c1-4-6-16-7-5-13-23(14-12-16)20(25)21-18-10-8-17(9-11-18)15-19(24)22(2)3/h8-11,16H,4-7,12-15H2,1-3H3,(H,21,25)/t16-/m1/s1. The minimum atomic E-state index is -0.0192. The average Bonchev–Trinajstić information content (AvgIpc) is 2.82. The zero-order valence-corrected chi connectivity index (χ0v) is 15.8. The third-order valence-corrected chi connectivity index (χ3v) is 4.89. The number of urea groups is 1. The van der Waals surface area contributed by atoms with E-state index in [2.05, 4.69) is 12.2 Å². The second kappa shape index (κ2) is 9.44. The molecule has 0 saturated carbocycles. The summed E-state index contributed by atoms with van der Waals surface area (Å²) in [6.07, 6.45) is 6.29. The average molecular weight is 345 g/mol. The topological polar surface area (TPSA) is 52.7 Å². The number of benzene rings is 1. The van der Waals surface area contributed by atoms with Crippen LogP contribution in [0.1, 0.15) is 44.6 Å². The number of anilines is 1. The summed E-state index contributed by atoms with van der Waals surface area (Å²) < 4.78 is 0. The van der Waals surface area contributed by atoms with Crippen molar-refractivity contribution in [1.29, 1.82) is 0 Å². The molecule has 5 nitrogen and oxygen atoms in total. The highest BCUT2D eigenvalue weighted by Crippen LogP contribution is 2.22. The summed E-state index contributed by atoms with van der Waals surface area (Å²) in [5.41, 5.74) is 1.73. The van der Waals surface area contributed by atoms with Gasteiger partial charge < -0.3 is 15.1 Å². The van der Waals surface area contributed by atoms with Gasteiger partial charge in [-0.3, -0.25) is 4.79 Å². The summed E-state index contributed by atoms with van der Waals surface area (Å²) in [5.74, 6) is 0.833. The van der Waals surface area contributed by atoms with E-state index in [0.717, 1.165) is 43.1 Å². The highest BCUT2D eigenvalue weighted by molar-refractivity contribution is 5.89. The van der Waals surface area contributed by atoms with E-state index in [4.69, 9.17) is 0 Å². The molecule has 0 unspecified atom stereocenters. The van der Waals surface area contributed by atoms with Gasteiger partial charge in [0.15, 0.2) is 0 Å². The molecule has 0 spiro atoms. The minimum Gasteiger partial charge on any atom is -0.349 e. The first-order valence-corrected chi connectivity index (χ1v) is 9.34. The number of carbonyl (C=O) groups is 2. The summed E-state index contributed by atoms with van der Waals surface area (Å²) in [4.78, 5) is 27.7. The molecule has 1 fully saturated rings. The normalized spacial score (nSPS) is 17.7. The number of hydrogen-bond donors (Lipinski definition) is 1. The molecule has 1 heterocycles. The summed E-state index contributed by atoms with van der Waals surface area (Å²) in [6.45, 7) is 3.90. The van der Waals surface area contributed by atoms with E-state index in [9.17, 15) is 9.59 Å². The van der Waals surface area contributed by atoms with Crippen LogP contribution in [-0.2, 0) is 11.2 Å². The van der Waals surface area contributed by atoms with Crippen LogP contribution in [0.3, 0.4) is 0 Å². The molecule has 3 amide bonds. The van der Waals surface area contributed by atoms with Gasteiger partial charge in [-0.2, -0.15) is 0 Å². The van der Waals surface area contributed by atoms with E-state index in [1.807, 2.05) is 29.2 Å². The van der Waals surface area contributed by atoms with Gasteiger partial charge in [-0.15, -0.1) is 0 Å². The van der Waals surface area contributed by atoms with E-state index in [-0.39, 0.29) is 11.9 Å². The second-order valence-electron chi connectivity index (χ2n) is 7.16. The van der Waals surface area contributed by atoms with Gasteiger partial charge in [0.05, 0.1) is 6.42 Å². The Morgan fingerprint density at radius 2 is 1.88 bits per heavy atom. The van der Waals surface area contributed by atoms with Crippen molar-refractivity contribution in [2.45, 2.75) is 45.4 Å². The molecule has 0 aromatic heterocycles. The molecule has 25 heavy (non-hydrogen) atoms. The highest BCUT2D eigenvalue weighted by atomic mass is 16.2. The molecular weight excluding hydrogens is 314 g/mol. The largest absolute Gasteiger partial charge is 0.349 e. The molecule has 0 aliphatic carbocycles. The van der Waals surface area contributed by atoms with Crippen molar-refractivity contribution >= 4 is 17.6 Å². The van der Waals surface area contributed by atoms with Crippen molar-refractivity contribution in [1.82, 2.24) is 9.80 Å². The molecule has 138 valence electrons. The number of likely N-dealkylation sites (tertiary alicyclic amines) is 1. The van der Waals surface area contributed by atoms with Crippen LogP contribution in [0, 0.1) is 5.92 Å². The molecular formula is C20H31N3O2. The lowest BCUT2D eigenvalue weighted by atomic mass is 9.96. The molecule has 1 saturated heterocycles. The Bertz CT molecular complexity index is 569. The lowest BCUT2D eigenvalue weighted by Crippen LogP contribution is -2.35. The molecule has 0 radical (unpaired) electrons. The van der Waals surface area contributed by atoms with E-state index in [0.29, 0.717) is 6.42 Å². The lowest BCUT2D eigenvalue weighted by Gasteiger charge is -2.21. The Balaban J connectivity index is 1.86. The van der Waals surface area contributed by atoms with Crippen molar-refractivity contribution in [2.24, 2.45) is 5.92 Å². The van der Waals surface area contributed by atoms with E-state index in [1.165, 1.54) is 19.3 Å². The van der Waals surface area contributed by atoms with Crippen LogP contribution in [0.2, 0.25) is 0 Å². The minimum absolute atomic E-state index is 0.0192. The van der Waals surface area contributed by atoms with Crippen molar-refractivity contribution in [3.05, 3.63) is 29.8 Å². The third kappa shape index (κ3) is 6.07. The van der Waals surface area contributed by atoms with Crippen LogP contribution in [-0.4, -0.2) is 48.9 Å². The predicted octanol–water partition coefficient (Wildman–Crippen LogP) is 3.75. The van der Waals surface area contributed by atoms with E-state index >= 15 is 0 Å². The first-order valence-electron chi connectivity index (χ1n) is 9.34. The van der Waals surface area contributed by atoms with Crippen LogP contribution in [0.15, 0.2) is 24.3 Å². The van der Waals surface area contributed by atoms with Gasteiger partial charge in [0.2, 0.25) is 5.91 Å². The second-order valence-corrected chi connectivity index (χ2v) is 7.16. The maximum atomic E-state index is 12.5. The van der Waals surface area contributed by atoms with Crippen LogP contribution >= 0.6 is 0 Å². The van der Waals surface area contributed by atoms with Crippen molar-refractivity contribution in [2.75, 3.05) is 32.5 Å². The monoisotopic (exact) mass is 345 g/mol. The zero-order chi connectivity index (χ0) is 18.2. The Morgan fingerprint density at radius 1 is 1.16 bits per heavy atom. The summed E-state index contributed by atoms with van der Waals surface area (Å²) in [6, 6.07) is 7.52. The fourth-order valence-electron chi connectivity index (χ4n) is 3.31. The maximum absolute atomic E-state index is 12.5. The molecule has 0 bridgehead atoms. The van der Waals surface area contributed by atoms with E-state index in [1.54, 1.807) is 19.0 Å². The van der Waals surface area contributed by atoms with Gasteiger partial charge in [-0.1, -0.05) is 31.9 Å². The van der Waals surface area contributed by atoms with Gasteiger partial charge in [0, 0.05) is 32.9 Å². The lowest BCUT2D eigenvalue weighted by molar-refractivity contribution is -0.127. The predicted molar refractivity (Wildman–Crippen MR) is 102 cm³/mol. The maximum Gasteiger partial charge on any atom is 0.321 e. The van der Waals surface area contributed by atoms with Crippen LogP contribution in [0.5, 0.6) is 0 Å². The molecule has 1 N–H and O–H groups in total. The van der Waals surface area contributed by atoms with E-state index < -0.39 is 0 Å². The number of carbonyl (C=O) groups excluding carboxylic acids is 2.